The van der Waals surface area contributed by atoms with Crippen LogP contribution < -0.4 is 5.32 Å². The number of rotatable bonds is 5. The molecular formula is C17H30N4O2. The lowest BCUT2D eigenvalue weighted by atomic mass is 10.1. The fraction of sp³-hybridized carbons (Fsp3) is 0.765. The zero-order valence-corrected chi connectivity index (χ0v) is 14.6. The maximum atomic E-state index is 12.1. The number of ether oxygens (including phenoxy) is 1. The van der Waals surface area contributed by atoms with E-state index in [1.165, 1.54) is 0 Å². The Kier molecular flexibility index (Phi) is 6.45. The minimum atomic E-state index is -0.423. The maximum absolute atomic E-state index is 12.1. The Hall–Kier alpha value is -1.56. The van der Waals surface area contributed by atoms with Crippen LogP contribution in [0.1, 0.15) is 46.5 Å². The van der Waals surface area contributed by atoms with Crippen molar-refractivity contribution in [2.24, 2.45) is 0 Å². The smallest absolute Gasteiger partial charge is 0.410 e. The first-order valence-corrected chi connectivity index (χ1v) is 8.63. The maximum Gasteiger partial charge on any atom is 0.410 e. The van der Waals surface area contributed by atoms with E-state index in [2.05, 4.69) is 10.4 Å². The zero-order valence-electron chi connectivity index (χ0n) is 14.6. The van der Waals surface area contributed by atoms with E-state index in [4.69, 9.17) is 4.74 Å². The van der Waals surface area contributed by atoms with Crippen LogP contribution in [0.15, 0.2) is 18.5 Å². The second-order valence-corrected chi connectivity index (χ2v) is 7.17. The molecule has 1 unspecified atom stereocenters. The highest BCUT2D eigenvalue weighted by Gasteiger charge is 2.24. The van der Waals surface area contributed by atoms with E-state index < -0.39 is 5.60 Å². The predicted molar refractivity (Wildman–Crippen MR) is 90.3 cm³/mol. The van der Waals surface area contributed by atoms with Gasteiger partial charge in [-0.3, -0.25) is 4.68 Å². The van der Waals surface area contributed by atoms with Crippen molar-refractivity contribution >= 4 is 6.09 Å². The normalized spacial score (nSPS) is 19.4. The summed E-state index contributed by atoms with van der Waals surface area (Å²) in [5.74, 6) is 0. The summed E-state index contributed by atoms with van der Waals surface area (Å²) in [7, 11) is 0. The van der Waals surface area contributed by atoms with Gasteiger partial charge in [0.1, 0.15) is 5.60 Å². The van der Waals surface area contributed by atoms with E-state index in [0.29, 0.717) is 6.04 Å². The minimum absolute atomic E-state index is 0.183. The molecule has 6 nitrogen and oxygen atoms in total. The fourth-order valence-electron chi connectivity index (χ4n) is 2.79. The Bertz CT molecular complexity index is 467. The number of carbonyl (C=O) groups is 1. The molecule has 0 radical (unpaired) electrons. The van der Waals surface area contributed by atoms with Crippen LogP contribution in [0.4, 0.5) is 4.79 Å². The van der Waals surface area contributed by atoms with Crippen molar-refractivity contribution in [3.8, 4) is 0 Å². The lowest BCUT2D eigenvalue weighted by Gasteiger charge is -2.26. The van der Waals surface area contributed by atoms with Gasteiger partial charge in [0.25, 0.3) is 0 Å². The Morgan fingerprint density at radius 1 is 1.35 bits per heavy atom. The molecule has 0 aromatic carbocycles. The molecule has 1 N–H and O–H groups in total. The van der Waals surface area contributed by atoms with Crippen LogP contribution in [0, 0.1) is 0 Å². The van der Waals surface area contributed by atoms with E-state index in [9.17, 15) is 4.79 Å². The topological polar surface area (TPSA) is 59.4 Å². The van der Waals surface area contributed by atoms with Crippen molar-refractivity contribution < 1.29 is 9.53 Å². The molecule has 0 bridgehead atoms. The second-order valence-electron chi connectivity index (χ2n) is 7.17. The molecule has 6 heteroatoms. The van der Waals surface area contributed by atoms with Crippen LogP contribution in [0.3, 0.4) is 0 Å². The number of hydrogen-bond acceptors (Lipinski definition) is 4. The van der Waals surface area contributed by atoms with Crippen molar-refractivity contribution in [2.75, 3.05) is 19.6 Å². The molecular weight excluding hydrogens is 292 g/mol. The van der Waals surface area contributed by atoms with Crippen molar-refractivity contribution in [1.82, 2.24) is 20.0 Å². The van der Waals surface area contributed by atoms with Gasteiger partial charge < -0.3 is 15.0 Å². The van der Waals surface area contributed by atoms with Gasteiger partial charge in [-0.1, -0.05) is 0 Å². The molecule has 1 aliphatic heterocycles. The monoisotopic (exact) mass is 322 g/mol. The van der Waals surface area contributed by atoms with Gasteiger partial charge in [0.15, 0.2) is 0 Å². The largest absolute Gasteiger partial charge is 0.444 e. The third-order valence-electron chi connectivity index (χ3n) is 3.94. The van der Waals surface area contributed by atoms with Crippen LogP contribution in [-0.4, -0.2) is 52.1 Å². The summed E-state index contributed by atoms with van der Waals surface area (Å²) >= 11 is 0. The average molecular weight is 322 g/mol. The van der Waals surface area contributed by atoms with E-state index in [0.717, 1.165) is 51.9 Å². The Labute approximate surface area is 139 Å². The molecule has 1 saturated heterocycles. The minimum Gasteiger partial charge on any atom is -0.444 e. The van der Waals surface area contributed by atoms with E-state index in [1.807, 2.05) is 48.8 Å². The van der Waals surface area contributed by atoms with Crippen molar-refractivity contribution in [3.05, 3.63) is 18.5 Å². The molecule has 2 heterocycles. The summed E-state index contributed by atoms with van der Waals surface area (Å²) in [5.41, 5.74) is -0.423. The van der Waals surface area contributed by atoms with Crippen molar-refractivity contribution in [1.29, 1.82) is 0 Å². The first-order valence-electron chi connectivity index (χ1n) is 8.63. The van der Waals surface area contributed by atoms with E-state index >= 15 is 0 Å². The number of likely N-dealkylation sites (tertiary alicyclic amines) is 1. The van der Waals surface area contributed by atoms with Gasteiger partial charge in [-0.05, 0) is 59.1 Å². The van der Waals surface area contributed by atoms with Crippen LogP contribution in [-0.2, 0) is 11.3 Å². The molecule has 1 aliphatic rings. The number of amides is 1. The lowest BCUT2D eigenvalue weighted by Crippen LogP contribution is -2.38. The lowest BCUT2D eigenvalue weighted by molar-refractivity contribution is 0.0256. The van der Waals surface area contributed by atoms with Crippen LogP contribution in [0.25, 0.3) is 0 Å². The number of aryl methyl sites for hydroxylation is 1. The molecule has 0 spiro atoms. The fourth-order valence-corrected chi connectivity index (χ4v) is 2.79. The number of nitrogens with one attached hydrogen (secondary N) is 1. The SMILES string of the molecule is CC(C)(C)OC(=O)N1CCCC(NCCCn2cccn2)CC1. The standard InChI is InChI=1S/C17H30N4O2/c1-17(2,3)23-16(22)20-11-4-7-15(8-14-20)18-9-5-12-21-13-6-10-19-21/h6,10,13,15,18H,4-5,7-9,11-12,14H2,1-3H3. The van der Waals surface area contributed by atoms with Gasteiger partial charge in [0.2, 0.25) is 0 Å². The highest BCUT2D eigenvalue weighted by Crippen LogP contribution is 2.15. The zero-order chi connectivity index (χ0) is 16.7. The number of carbonyl (C=O) groups excluding carboxylic acids is 1. The van der Waals surface area contributed by atoms with Gasteiger partial charge in [-0.15, -0.1) is 0 Å². The summed E-state index contributed by atoms with van der Waals surface area (Å²) in [4.78, 5) is 14.0. The molecule has 2 rings (SSSR count). The summed E-state index contributed by atoms with van der Waals surface area (Å²) in [6.07, 6.45) is 7.80. The van der Waals surface area contributed by atoms with Gasteiger partial charge >= 0.3 is 6.09 Å². The molecule has 1 aromatic rings. The Morgan fingerprint density at radius 2 is 2.17 bits per heavy atom. The average Bonchev–Trinajstić information content (AvgIpc) is 2.86. The first kappa shape index (κ1) is 17.8. The number of nitrogens with zero attached hydrogens (tertiary/aromatic N) is 3. The second kappa shape index (κ2) is 8.34. The molecule has 1 atom stereocenters. The van der Waals surface area contributed by atoms with Crippen molar-refractivity contribution in [3.63, 3.8) is 0 Å². The number of hydrogen-bond donors (Lipinski definition) is 1. The summed E-state index contributed by atoms with van der Waals surface area (Å²) in [6, 6.07) is 2.43. The molecule has 1 aromatic heterocycles. The third-order valence-corrected chi connectivity index (χ3v) is 3.94. The van der Waals surface area contributed by atoms with Crippen LogP contribution in [0.2, 0.25) is 0 Å². The van der Waals surface area contributed by atoms with Crippen molar-refractivity contribution in [2.45, 2.75) is 64.6 Å². The molecule has 23 heavy (non-hydrogen) atoms. The summed E-state index contributed by atoms with van der Waals surface area (Å²) < 4.78 is 7.42. The molecule has 1 amide bonds. The molecule has 130 valence electrons. The predicted octanol–water partition coefficient (Wildman–Crippen LogP) is 2.65. The van der Waals surface area contributed by atoms with E-state index in [1.54, 1.807) is 0 Å². The van der Waals surface area contributed by atoms with Gasteiger partial charge in [0.05, 0.1) is 0 Å². The third kappa shape index (κ3) is 6.60. The van der Waals surface area contributed by atoms with Gasteiger partial charge in [0, 0.05) is 38.1 Å². The van der Waals surface area contributed by atoms with Crippen LogP contribution in [0.5, 0.6) is 0 Å². The van der Waals surface area contributed by atoms with Gasteiger partial charge in [-0.25, -0.2) is 4.79 Å². The number of aromatic nitrogens is 2. The summed E-state index contributed by atoms with van der Waals surface area (Å²) in [5, 5.41) is 7.82. The first-order chi connectivity index (χ1) is 10.9. The molecule has 1 fully saturated rings. The highest BCUT2D eigenvalue weighted by molar-refractivity contribution is 5.68. The Balaban J connectivity index is 1.66. The van der Waals surface area contributed by atoms with Crippen LogP contribution >= 0.6 is 0 Å². The quantitative estimate of drug-likeness (QED) is 0.847. The van der Waals surface area contributed by atoms with E-state index in [-0.39, 0.29) is 6.09 Å². The van der Waals surface area contributed by atoms with Gasteiger partial charge in [-0.2, -0.15) is 5.10 Å². The highest BCUT2D eigenvalue weighted by atomic mass is 16.6. The molecule has 0 saturated carbocycles. The molecule has 0 aliphatic carbocycles. The Morgan fingerprint density at radius 3 is 2.87 bits per heavy atom. The summed E-state index contributed by atoms with van der Waals surface area (Å²) in [6.45, 7) is 9.21.